The smallest absolute Gasteiger partial charge is 0.000671 e. The van der Waals surface area contributed by atoms with Crippen molar-refractivity contribution in [3.63, 3.8) is 0 Å². The fourth-order valence-electron chi connectivity index (χ4n) is 2.60. The topological polar surface area (TPSA) is 84.5 Å². The van der Waals surface area contributed by atoms with Gasteiger partial charge < -0.3 is 27.0 Å². The molecular weight excluding hydrogens is 262 g/mol. The zero-order valence-electron chi connectivity index (χ0n) is 14.2. The molecule has 0 aromatic rings. The molecule has 5 heteroatoms. The van der Waals surface area contributed by atoms with E-state index in [9.17, 15) is 0 Å². The van der Waals surface area contributed by atoms with Crippen molar-refractivity contribution in [2.24, 2.45) is 17.2 Å². The van der Waals surface area contributed by atoms with Crippen LogP contribution in [0.1, 0.15) is 45.4 Å². The van der Waals surface area contributed by atoms with Gasteiger partial charge in [-0.05, 0) is 97.4 Å². The molecule has 21 heavy (non-hydrogen) atoms. The maximum absolute atomic E-state index is 5.61. The quantitative estimate of drug-likeness (QED) is 0.368. The van der Waals surface area contributed by atoms with Crippen LogP contribution in [-0.2, 0) is 0 Å². The molecular formula is C16H39N5. The first-order chi connectivity index (χ1) is 10.3. The van der Waals surface area contributed by atoms with E-state index in [1.807, 2.05) is 0 Å². The number of unbranched alkanes of at least 4 members (excludes halogenated alkanes) is 1. The Morgan fingerprint density at radius 1 is 0.524 bits per heavy atom. The minimum Gasteiger partial charge on any atom is -0.330 e. The number of rotatable bonds is 16. The van der Waals surface area contributed by atoms with Crippen LogP contribution in [0.5, 0.6) is 0 Å². The van der Waals surface area contributed by atoms with Crippen molar-refractivity contribution < 1.29 is 0 Å². The highest BCUT2D eigenvalue weighted by Crippen LogP contribution is 2.02. The SMILES string of the molecule is CCCN(CCCN)CCCCN(CCCN)CCCN. The van der Waals surface area contributed by atoms with E-state index in [1.165, 1.54) is 38.9 Å². The van der Waals surface area contributed by atoms with Crippen molar-refractivity contribution in [2.75, 3.05) is 58.9 Å². The Balaban J connectivity index is 3.82. The zero-order chi connectivity index (χ0) is 15.8. The van der Waals surface area contributed by atoms with Gasteiger partial charge in [-0.3, -0.25) is 0 Å². The van der Waals surface area contributed by atoms with Gasteiger partial charge in [0.1, 0.15) is 0 Å². The van der Waals surface area contributed by atoms with E-state index < -0.39 is 0 Å². The lowest BCUT2D eigenvalue weighted by Crippen LogP contribution is -2.31. The van der Waals surface area contributed by atoms with E-state index in [-0.39, 0.29) is 0 Å². The maximum Gasteiger partial charge on any atom is -0.000671 e. The summed E-state index contributed by atoms with van der Waals surface area (Å²) >= 11 is 0. The summed E-state index contributed by atoms with van der Waals surface area (Å²) < 4.78 is 0. The monoisotopic (exact) mass is 301 g/mol. The Labute approximate surface area is 132 Å². The first-order valence-electron chi connectivity index (χ1n) is 8.83. The molecule has 0 saturated heterocycles. The van der Waals surface area contributed by atoms with Gasteiger partial charge in [-0.15, -0.1) is 0 Å². The largest absolute Gasteiger partial charge is 0.330 e. The predicted octanol–water partition coefficient (Wildman–Crippen LogP) is 0.827. The van der Waals surface area contributed by atoms with E-state index in [0.29, 0.717) is 0 Å². The minimum atomic E-state index is 0.780. The highest BCUT2D eigenvalue weighted by Gasteiger charge is 2.06. The third-order valence-corrected chi connectivity index (χ3v) is 3.77. The average Bonchev–Trinajstić information content (AvgIpc) is 2.50. The number of hydrogen-bond acceptors (Lipinski definition) is 5. The highest BCUT2D eigenvalue weighted by atomic mass is 15.1. The lowest BCUT2D eigenvalue weighted by atomic mass is 10.2. The molecule has 5 nitrogen and oxygen atoms in total. The molecule has 0 heterocycles. The van der Waals surface area contributed by atoms with E-state index in [4.69, 9.17) is 17.2 Å². The fourth-order valence-corrected chi connectivity index (χ4v) is 2.60. The van der Waals surface area contributed by atoms with Crippen LogP contribution in [0.25, 0.3) is 0 Å². The molecule has 0 aliphatic heterocycles. The molecule has 0 aromatic heterocycles. The zero-order valence-corrected chi connectivity index (χ0v) is 14.2. The molecule has 0 unspecified atom stereocenters. The number of nitrogens with two attached hydrogens (primary N) is 3. The molecule has 128 valence electrons. The normalized spacial score (nSPS) is 11.7. The van der Waals surface area contributed by atoms with Crippen LogP contribution in [0, 0.1) is 0 Å². The standard InChI is InChI=1S/C16H39N5/c1-2-11-20(14-5-8-17)12-3-4-13-21(15-6-9-18)16-7-10-19/h2-19H2,1H3. The van der Waals surface area contributed by atoms with Gasteiger partial charge in [-0.2, -0.15) is 0 Å². The van der Waals surface area contributed by atoms with Crippen molar-refractivity contribution in [3.05, 3.63) is 0 Å². The Bertz CT molecular complexity index is 193. The molecule has 0 spiro atoms. The van der Waals surface area contributed by atoms with Crippen LogP contribution in [-0.4, -0.2) is 68.7 Å². The van der Waals surface area contributed by atoms with Gasteiger partial charge in [-0.1, -0.05) is 6.92 Å². The molecule has 0 radical (unpaired) electrons. The Morgan fingerprint density at radius 2 is 0.857 bits per heavy atom. The molecule has 0 bridgehead atoms. The molecule has 0 saturated carbocycles. The summed E-state index contributed by atoms with van der Waals surface area (Å²) in [4.78, 5) is 5.07. The van der Waals surface area contributed by atoms with Crippen LogP contribution in [0.4, 0.5) is 0 Å². The first-order valence-corrected chi connectivity index (χ1v) is 8.83. The summed E-state index contributed by atoms with van der Waals surface area (Å²) in [5.74, 6) is 0. The molecule has 0 aliphatic carbocycles. The van der Waals surface area contributed by atoms with E-state index in [2.05, 4.69) is 16.7 Å². The van der Waals surface area contributed by atoms with Crippen LogP contribution in [0.2, 0.25) is 0 Å². The Kier molecular flexibility index (Phi) is 16.0. The number of hydrogen-bond donors (Lipinski definition) is 3. The molecule has 0 aliphatic rings. The van der Waals surface area contributed by atoms with Crippen molar-refractivity contribution in [2.45, 2.75) is 45.4 Å². The van der Waals surface area contributed by atoms with Crippen LogP contribution in [0.15, 0.2) is 0 Å². The van der Waals surface area contributed by atoms with Gasteiger partial charge in [0, 0.05) is 0 Å². The van der Waals surface area contributed by atoms with Gasteiger partial charge in [0.05, 0.1) is 0 Å². The molecule has 0 amide bonds. The molecule has 0 fully saturated rings. The molecule has 0 aromatic carbocycles. The summed E-state index contributed by atoms with van der Waals surface area (Å²) in [7, 11) is 0. The summed E-state index contributed by atoms with van der Waals surface area (Å²) in [5.41, 5.74) is 16.8. The third kappa shape index (κ3) is 13.2. The second-order valence-electron chi connectivity index (χ2n) is 5.82. The maximum atomic E-state index is 5.61. The van der Waals surface area contributed by atoms with Crippen molar-refractivity contribution >= 4 is 0 Å². The average molecular weight is 302 g/mol. The number of nitrogens with zero attached hydrogens (tertiary/aromatic N) is 2. The molecule has 0 atom stereocenters. The van der Waals surface area contributed by atoms with E-state index >= 15 is 0 Å². The molecule has 0 rings (SSSR count). The lowest BCUT2D eigenvalue weighted by Gasteiger charge is -2.24. The second kappa shape index (κ2) is 16.2. The Morgan fingerprint density at radius 3 is 1.19 bits per heavy atom. The summed E-state index contributed by atoms with van der Waals surface area (Å²) in [6.07, 6.45) is 7.04. The minimum absolute atomic E-state index is 0.780. The first kappa shape index (κ1) is 20.8. The van der Waals surface area contributed by atoms with Crippen molar-refractivity contribution in [1.82, 2.24) is 9.80 Å². The second-order valence-corrected chi connectivity index (χ2v) is 5.82. The van der Waals surface area contributed by atoms with Gasteiger partial charge in [0.2, 0.25) is 0 Å². The fraction of sp³-hybridized carbons (Fsp3) is 1.00. The van der Waals surface area contributed by atoms with Crippen molar-refractivity contribution in [3.8, 4) is 0 Å². The third-order valence-electron chi connectivity index (χ3n) is 3.77. The van der Waals surface area contributed by atoms with Gasteiger partial charge in [0.25, 0.3) is 0 Å². The van der Waals surface area contributed by atoms with Gasteiger partial charge in [0.15, 0.2) is 0 Å². The van der Waals surface area contributed by atoms with Gasteiger partial charge >= 0.3 is 0 Å². The predicted molar refractivity (Wildman–Crippen MR) is 93.4 cm³/mol. The van der Waals surface area contributed by atoms with Gasteiger partial charge in [-0.25, -0.2) is 0 Å². The van der Waals surface area contributed by atoms with E-state index in [0.717, 1.165) is 58.5 Å². The van der Waals surface area contributed by atoms with Crippen LogP contribution >= 0.6 is 0 Å². The molecule has 6 N–H and O–H groups in total. The lowest BCUT2D eigenvalue weighted by molar-refractivity contribution is 0.238. The Hall–Kier alpha value is -0.200. The van der Waals surface area contributed by atoms with Crippen molar-refractivity contribution in [1.29, 1.82) is 0 Å². The summed E-state index contributed by atoms with van der Waals surface area (Å²) in [6, 6.07) is 0. The highest BCUT2D eigenvalue weighted by molar-refractivity contribution is 4.62. The summed E-state index contributed by atoms with van der Waals surface area (Å²) in [6.45, 7) is 11.6. The van der Waals surface area contributed by atoms with Crippen LogP contribution < -0.4 is 17.2 Å². The van der Waals surface area contributed by atoms with Crippen LogP contribution in [0.3, 0.4) is 0 Å². The summed E-state index contributed by atoms with van der Waals surface area (Å²) in [5, 5.41) is 0. The van der Waals surface area contributed by atoms with E-state index in [1.54, 1.807) is 0 Å².